The fourth-order valence-corrected chi connectivity index (χ4v) is 7.77. The second-order valence-electron chi connectivity index (χ2n) is 13.0. The number of ether oxygens (including phenoxy) is 1. The number of rotatable bonds is 5. The topological polar surface area (TPSA) is 178 Å². The van der Waals surface area contributed by atoms with E-state index in [1.165, 1.54) is 18.5 Å². The number of nitrogens with zero attached hydrogens (tertiary/aromatic N) is 2. The smallest absolute Gasteiger partial charge is 0.390 e. The number of phosphoric acid groups is 1. The summed E-state index contributed by atoms with van der Waals surface area (Å²) in [5, 5.41) is 13.8. The molecule has 2 bridgehead atoms. The summed E-state index contributed by atoms with van der Waals surface area (Å²) in [5.41, 5.74) is 9.56. The number of amides is 1. The molecule has 12 heteroatoms. The van der Waals surface area contributed by atoms with Gasteiger partial charge in [-0.05, 0) is 80.9 Å². The maximum Gasteiger partial charge on any atom is 0.466 e. The first-order valence-corrected chi connectivity index (χ1v) is 16.5. The minimum atomic E-state index is -4.64. The number of hydrogen-bond donors (Lipinski definition) is 6. The zero-order valence-electron chi connectivity index (χ0n) is 23.7. The van der Waals surface area contributed by atoms with E-state index in [1.54, 1.807) is 6.20 Å². The van der Waals surface area contributed by atoms with Crippen molar-refractivity contribution in [2.75, 3.05) is 32.0 Å². The van der Waals surface area contributed by atoms with Crippen LogP contribution in [0.25, 0.3) is 11.1 Å². The van der Waals surface area contributed by atoms with E-state index in [9.17, 15) is 9.90 Å². The van der Waals surface area contributed by atoms with E-state index in [1.807, 2.05) is 6.07 Å². The molecule has 11 nitrogen and oxygen atoms in total. The maximum atomic E-state index is 13.3. The van der Waals surface area contributed by atoms with Gasteiger partial charge in [0.1, 0.15) is 5.82 Å². The lowest BCUT2D eigenvalue weighted by Crippen LogP contribution is -2.58. The molecule has 6 aliphatic rings. The van der Waals surface area contributed by atoms with Crippen molar-refractivity contribution < 1.29 is 33.9 Å². The molecular formula is C30H41N4O7P. The standard InChI is InChI=1S/C30H38N4O3.H3O4P/c31-26-25(27(35)33-28-7-10-29(36,11-8-28)12-9-28)15-21(17-32-26)20-1-3-22(4-2-20)30-16-23(30)18-34(19-30)24-5-13-37-14-6-24;1-5(2,3)4/h1-4,15,17,23-24,36H,5-14,16,18-19H2,(H2,31,32)(H,33,35);(H3,1,2,3,4)/t23-,28?,29?,30+;/m1./s1. The molecule has 3 heterocycles. The molecule has 2 aliphatic heterocycles. The van der Waals surface area contributed by atoms with Crippen molar-refractivity contribution in [3.05, 3.63) is 47.7 Å². The lowest BCUT2D eigenvalue weighted by Gasteiger charge is -2.51. The first-order valence-electron chi connectivity index (χ1n) is 14.9. The number of anilines is 1. The van der Waals surface area contributed by atoms with Gasteiger partial charge in [0.05, 0.1) is 11.2 Å². The van der Waals surface area contributed by atoms with Crippen LogP contribution in [-0.2, 0) is 14.7 Å². The molecule has 8 rings (SSSR count). The second kappa shape index (κ2) is 11.0. The number of carbonyl (C=O) groups is 1. The molecule has 42 heavy (non-hydrogen) atoms. The summed E-state index contributed by atoms with van der Waals surface area (Å²) in [7, 11) is -4.64. The van der Waals surface area contributed by atoms with Gasteiger partial charge in [-0.1, -0.05) is 24.3 Å². The van der Waals surface area contributed by atoms with Gasteiger partial charge in [-0.2, -0.15) is 0 Å². The molecule has 0 unspecified atom stereocenters. The maximum absolute atomic E-state index is 13.3. The quantitative estimate of drug-likeness (QED) is 0.280. The van der Waals surface area contributed by atoms with Crippen molar-refractivity contribution in [2.45, 2.75) is 80.4 Å². The molecule has 2 atom stereocenters. The highest BCUT2D eigenvalue weighted by Crippen LogP contribution is 2.59. The van der Waals surface area contributed by atoms with Crippen LogP contribution in [0.2, 0.25) is 0 Å². The molecule has 2 aromatic rings. The molecule has 7 N–H and O–H groups in total. The SMILES string of the molecule is Nc1ncc(-c2ccc([C@@]34C[C@@H]3CN(C3CCOCC3)C4)cc2)cc1C(=O)NC12CCC(O)(CC1)CC2.O=P(O)(O)O. The lowest BCUT2D eigenvalue weighted by molar-refractivity contribution is -0.0702. The Labute approximate surface area is 245 Å². The second-order valence-corrected chi connectivity index (χ2v) is 14.1. The average molecular weight is 601 g/mol. The van der Waals surface area contributed by atoms with Gasteiger partial charge in [-0.3, -0.25) is 9.69 Å². The molecule has 1 aromatic carbocycles. The zero-order chi connectivity index (χ0) is 29.8. The summed E-state index contributed by atoms with van der Waals surface area (Å²) in [4.78, 5) is 42.0. The van der Waals surface area contributed by atoms with E-state index in [2.05, 4.69) is 39.5 Å². The van der Waals surface area contributed by atoms with Crippen LogP contribution < -0.4 is 11.1 Å². The molecule has 1 aromatic heterocycles. The first kappa shape index (κ1) is 29.7. The largest absolute Gasteiger partial charge is 0.466 e. The number of aromatic nitrogens is 1. The molecule has 4 aliphatic carbocycles. The van der Waals surface area contributed by atoms with E-state index in [-0.39, 0.29) is 17.3 Å². The number of carbonyl (C=O) groups excluding carboxylic acids is 1. The fraction of sp³-hybridized carbons (Fsp3) is 0.600. The van der Waals surface area contributed by atoms with Crippen LogP contribution in [0.1, 0.15) is 73.7 Å². The summed E-state index contributed by atoms with van der Waals surface area (Å²) in [6.07, 6.45) is 10.1. The summed E-state index contributed by atoms with van der Waals surface area (Å²) < 4.78 is 14.5. The van der Waals surface area contributed by atoms with Crippen LogP contribution in [0, 0.1) is 5.92 Å². The number of likely N-dealkylation sites (tertiary alicyclic amines) is 1. The Morgan fingerprint density at radius 1 is 1.02 bits per heavy atom. The number of hydrogen-bond acceptors (Lipinski definition) is 7. The fourth-order valence-electron chi connectivity index (χ4n) is 7.77. The van der Waals surface area contributed by atoms with Gasteiger partial charge in [0.2, 0.25) is 0 Å². The Morgan fingerprint density at radius 2 is 1.64 bits per heavy atom. The molecule has 1 amide bonds. The van der Waals surface area contributed by atoms with Crippen molar-refractivity contribution >= 4 is 19.5 Å². The van der Waals surface area contributed by atoms with Crippen LogP contribution in [0.5, 0.6) is 0 Å². The number of piperidine rings is 1. The number of fused-ring (bicyclic) bond motifs is 4. The van der Waals surface area contributed by atoms with Gasteiger partial charge in [-0.15, -0.1) is 0 Å². The summed E-state index contributed by atoms with van der Waals surface area (Å²) >= 11 is 0. The van der Waals surface area contributed by atoms with Crippen molar-refractivity contribution in [1.82, 2.24) is 15.2 Å². The number of pyridine rings is 1. The van der Waals surface area contributed by atoms with E-state index in [4.69, 9.17) is 29.7 Å². The van der Waals surface area contributed by atoms with Crippen molar-refractivity contribution in [2.24, 2.45) is 5.92 Å². The van der Waals surface area contributed by atoms with E-state index in [0.717, 1.165) is 88.2 Å². The minimum absolute atomic E-state index is 0.158. The van der Waals surface area contributed by atoms with Crippen LogP contribution in [0.15, 0.2) is 36.5 Å². The molecule has 4 saturated carbocycles. The Kier molecular flexibility index (Phi) is 7.75. The summed E-state index contributed by atoms with van der Waals surface area (Å²) in [6, 6.07) is 11.5. The van der Waals surface area contributed by atoms with Crippen molar-refractivity contribution in [1.29, 1.82) is 0 Å². The number of benzene rings is 1. The van der Waals surface area contributed by atoms with E-state index < -0.39 is 13.4 Å². The van der Waals surface area contributed by atoms with E-state index in [0.29, 0.717) is 17.0 Å². The number of nitrogens with two attached hydrogens (primary N) is 1. The van der Waals surface area contributed by atoms with Crippen LogP contribution in [0.4, 0.5) is 5.82 Å². The highest BCUT2D eigenvalue weighted by Gasteiger charge is 2.61. The average Bonchev–Trinajstić information content (AvgIpc) is 3.54. The van der Waals surface area contributed by atoms with Crippen LogP contribution in [0.3, 0.4) is 0 Å². The third-order valence-corrected chi connectivity index (χ3v) is 10.4. The first-order chi connectivity index (χ1) is 19.9. The lowest BCUT2D eigenvalue weighted by atomic mass is 9.63. The van der Waals surface area contributed by atoms with Crippen LogP contribution in [-0.4, -0.2) is 79.1 Å². The Balaban J connectivity index is 0.000000585. The minimum Gasteiger partial charge on any atom is -0.390 e. The summed E-state index contributed by atoms with van der Waals surface area (Å²) in [5.74, 6) is 0.871. The Morgan fingerprint density at radius 3 is 2.26 bits per heavy atom. The normalized spacial score (nSPS) is 32.5. The predicted molar refractivity (Wildman–Crippen MR) is 156 cm³/mol. The highest BCUT2D eigenvalue weighted by molar-refractivity contribution is 7.45. The van der Waals surface area contributed by atoms with Crippen molar-refractivity contribution in [3.63, 3.8) is 0 Å². The van der Waals surface area contributed by atoms with Gasteiger partial charge in [0.15, 0.2) is 0 Å². The molecule has 228 valence electrons. The molecule has 0 spiro atoms. The summed E-state index contributed by atoms with van der Waals surface area (Å²) in [6.45, 7) is 4.17. The zero-order valence-corrected chi connectivity index (χ0v) is 24.6. The Bertz CT molecular complexity index is 1340. The van der Waals surface area contributed by atoms with Crippen molar-refractivity contribution in [3.8, 4) is 11.1 Å². The number of nitrogen functional groups attached to an aromatic ring is 1. The van der Waals surface area contributed by atoms with Gasteiger partial charge >= 0.3 is 7.82 Å². The monoisotopic (exact) mass is 600 g/mol. The van der Waals surface area contributed by atoms with Gasteiger partial charge in [0, 0.05) is 55.1 Å². The van der Waals surface area contributed by atoms with Gasteiger partial charge in [-0.25, -0.2) is 9.55 Å². The molecule has 6 fully saturated rings. The van der Waals surface area contributed by atoms with Crippen LogP contribution >= 0.6 is 7.82 Å². The third kappa shape index (κ3) is 6.15. The molecule has 0 radical (unpaired) electrons. The van der Waals surface area contributed by atoms with Gasteiger partial charge < -0.3 is 35.6 Å². The molecular weight excluding hydrogens is 559 g/mol. The van der Waals surface area contributed by atoms with Gasteiger partial charge in [0.25, 0.3) is 5.91 Å². The molecule has 2 saturated heterocycles. The predicted octanol–water partition coefficient (Wildman–Crippen LogP) is 2.72. The third-order valence-electron chi connectivity index (χ3n) is 10.4. The highest BCUT2D eigenvalue weighted by atomic mass is 31.2. The number of aliphatic hydroxyl groups is 1. The number of nitrogens with one attached hydrogen (secondary N) is 1. The Hall–Kier alpha value is -2.37. The van der Waals surface area contributed by atoms with E-state index >= 15 is 0 Å².